The number of aromatic nitrogens is 1. The predicted octanol–water partition coefficient (Wildman–Crippen LogP) is 2.06. The van der Waals surface area contributed by atoms with Crippen LogP contribution in [0.2, 0.25) is 0 Å². The number of carbonyl (C=O) groups is 2. The van der Waals surface area contributed by atoms with Gasteiger partial charge in [-0.2, -0.15) is 0 Å². The number of H-pyrrole nitrogens is 1. The number of benzene rings is 1. The number of hydrogen-bond acceptors (Lipinski definition) is 4. The molecule has 0 aliphatic carbocycles. The Morgan fingerprint density at radius 3 is 2.82 bits per heavy atom. The molecule has 0 radical (unpaired) electrons. The van der Waals surface area contributed by atoms with Crippen molar-refractivity contribution in [1.82, 2.24) is 10.3 Å². The van der Waals surface area contributed by atoms with Gasteiger partial charge in [-0.15, -0.1) is 0 Å². The first-order chi connectivity index (χ1) is 10.4. The van der Waals surface area contributed by atoms with Gasteiger partial charge in [0, 0.05) is 23.9 Å². The number of non-ortho nitro benzene ring substituents is 1. The van der Waals surface area contributed by atoms with E-state index in [1.165, 1.54) is 12.1 Å². The number of nitro groups is 1. The Hall–Kier alpha value is -2.90. The summed E-state index contributed by atoms with van der Waals surface area (Å²) < 4.78 is 0. The molecule has 22 heavy (non-hydrogen) atoms. The van der Waals surface area contributed by atoms with Crippen LogP contribution in [0, 0.1) is 10.1 Å². The van der Waals surface area contributed by atoms with Gasteiger partial charge >= 0.3 is 5.97 Å². The summed E-state index contributed by atoms with van der Waals surface area (Å²) in [5, 5.41) is 22.8. The standard InChI is InChI=1S/C14H15N3O5/c1-8(5-6-12(18)19)15-14(20)10-7-9-3-2-4-11(17(21)22)13(9)16-10/h2-4,7-8,16H,5-6H2,1H3,(H,15,20)(H,18,19). The summed E-state index contributed by atoms with van der Waals surface area (Å²) >= 11 is 0. The number of nitro benzene ring substituents is 1. The molecule has 0 aliphatic rings. The highest BCUT2D eigenvalue weighted by atomic mass is 16.6. The Labute approximate surface area is 125 Å². The van der Waals surface area contributed by atoms with Gasteiger partial charge in [-0.05, 0) is 19.4 Å². The summed E-state index contributed by atoms with van der Waals surface area (Å²) in [6.07, 6.45) is 0.265. The number of amides is 1. The number of fused-ring (bicyclic) bond motifs is 1. The number of nitrogens with one attached hydrogen (secondary N) is 2. The molecule has 1 atom stereocenters. The van der Waals surface area contributed by atoms with Crippen molar-refractivity contribution in [1.29, 1.82) is 0 Å². The van der Waals surface area contributed by atoms with Crippen molar-refractivity contribution < 1.29 is 19.6 Å². The number of aliphatic carboxylic acids is 1. The Morgan fingerprint density at radius 1 is 1.45 bits per heavy atom. The molecule has 8 heteroatoms. The molecule has 2 aromatic rings. The molecule has 0 saturated carbocycles. The zero-order chi connectivity index (χ0) is 16.3. The average molecular weight is 305 g/mol. The van der Waals surface area contributed by atoms with E-state index in [-0.39, 0.29) is 29.4 Å². The first-order valence-electron chi connectivity index (χ1n) is 6.67. The van der Waals surface area contributed by atoms with Crippen LogP contribution >= 0.6 is 0 Å². The Balaban J connectivity index is 2.17. The normalized spacial score (nSPS) is 12.0. The minimum Gasteiger partial charge on any atom is -0.481 e. The maximum atomic E-state index is 12.1. The number of aromatic amines is 1. The third kappa shape index (κ3) is 3.40. The number of carboxylic acid groups (broad SMARTS) is 1. The van der Waals surface area contributed by atoms with Gasteiger partial charge in [0.2, 0.25) is 0 Å². The van der Waals surface area contributed by atoms with Crippen LogP contribution in [-0.2, 0) is 4.79 Å². The van der Waals surface area contributed by atoms with Crippen LogP contribution in [0.1, 0.15) is 30.3 Å². The highest BCUT2D eigenvalue weighted by molar-refractivity contribution is 6.00. The Bertz CT molecular complexity index is 737. The molecule has 116 valence electrons. The number of carbonyl (C=O) groups excluding carboxylic acids is 1. The molecule has 0 spiro atoms. The van der Waals surface area contributed by atoms with Gasteiger partial charge in [0.15, 0.2) is 0 Å². The van der Waals surface area contributed by atoms with Gasteiger partial charge in [-0.3, -0.25) is 19.7 Å². The third-order valence-corrected chi connectivity index (χ3v) is 3.24. The van der Waals surface area contributed by atoms with Crippen molar-refractivity contribution in [3.63, 3.8) is 0 Å². The first-order valence-corrected chi connectivity index (χ1v) is 6.67. The van der Waals surface area contributed by atoms with E-state index in [9.17, 15) is 19.7 Å². The Kier molecular flexibility index (Phi) is 4.40. The molecule has 1 aromatic heterocycles. The smallest absolute Gasteiger partial charge is 0.303 e. The van der Waals surface area contributed by atoms with Crippen molar-refractivity contribution in [3.8, 4) is 0 Å². The van der Waals surface area contributed by atoms with Crippen LogP contribution in [0.3, 0.4) is 0 Å². The molecule has 8 nitrogen and oxygen atoms in total. The number of para-hydroxylation sites is 1. The molecule has 0 bridgehead atoms. The lowest BCUT2D eigenvalue weighted by Gasteiger charge is -2.11. The monoisotopic (exact) mass is 305 g/mol. The second-order valence-corrected chi connectivity index (χ2v) is 4.99. The van der Waals surface area contributed by atoms with Crippen molar-refractivity contribution in [2.75, 3.05) is 0 Å². The minimum atomic E-state index is -0.928. The molecule has 0 fully saturated rings. The second kappa shape index (κ2) is 6.25. The lowest BCUT2D eigenvalue weighted by molar-refractivity contribution is -0.383. The zero-order valence-electron chi connectivity index (χ0n) is 11.8. The van der Waals surface area contributed by atoms with E-state index < -0.39 is 16.8 Å². The van der Waals surface area contributed by atoms with Gasteiger partial charge in [-0.1, -0.05) is 12.1 Å². The van der Waals surface area contributed by atoms with Crippen LogP contribution in [0.5, 0.6) is 0 Å². The summed E-state index contributed by atoms with van der Waals surface area (Å²) in [5.41, 5.74) is 0.387. The van der Waals surface area contributed by atoms with Gasteiger partial charge < -0.3 is 15.4 Å². The van der Waals surface area contributed by atoms with Gasteiger partial charge in [0.25, 0.3) is 11.6 Å². The largest absolute Gasteiger partial charge is 0.481 e. The lowest BCUT2D eigenvalue weighted by Crippen LogP contribution is -2.33. The van der Waals surface area contributed by atoms with Gasteiger partial charge in [0.1, 0.15) is 11.2 Å². The molecule has 1 amide bonds. The van der Waals surface area contributed by atoms with E-state index in [1.807, 2.05) is 0 Å². The summed E-state index contributed by atoms with van der Waals surface area (Å²) in [7, 11) is 0. The third-order valence-electron chi connectivity index (χ3n) is 3.24. The summed E-state index contributed by atoms with van der Waals surface area (Å²) in [6.45, 7) is 1.70. The molecular weight excluding hydrogens is 290 g/mol. The highest BCUT2D eigenvalue weighted by Gasteiger charge is 2.18. The molecular formula is C14H15N3O5. The van der Waals surface area contributed by atoms with Crippen LogP contribution in [0.4, 0.5) is 5.69 Å². The van der Waals surface area contributed by atoms with Crippen molar-refractivity contribution in [3.05, 3.63) is 40.1 Å². The summed E-state index contributed by atoms with van der Waals surface area (Å²) in [5.74, 6) is -1.36. The quantitative estimate of drug-likeness (QED) is 0.556. The van der Waals surface area contributed by atoms with Crippen LogP contribution in [0.15, 0.2) is 24.3 Å². The molecule has 0 aliphatic heterocycles. The lowest BCUT2D eigenvalue weighted by atomic mass is 10.2. The molecule has 1 unspecified atom stereocenters. The fourth-order valence-corrected chi connectivity index (χ4v) is 2.13. The maximum absolute atomic E-state index is 12.1. The van der Waals surface area contributed by atoms with E-state index in [1.54, 1.807) is 19.1 Å². The fourth-order valence-electron chi connectivity index (χ4n) is 2.13. The summed E-state index contributed by atoms with van der Waals surface area (Å²) in [6, 6.07) is 5.79. The average Bonchev–Trinajstić information content (AvgIpc) is 2.88. The fraction of sp³-hybridized carbons (Fsp3) is 0.286. The van der Waals surface area contributed by atoms with Crippen LogP contribution in [0.25, 0.3) is 10.9 Å². The van der Waals surface area contributed by atoms with Gasteiger partial charge in [-0.25, -0.2) is 0 Å². The number of hydrogen-bond donors (Lipinski definition) is 3. The molecule has 2 rings (SSSR count). The first kappa shape index (κ1) is 15.5. The molecule has 1 aromatic carbocycles. The molecule has 3 N–H and O–H groups in total. The Morgan fingerprint density at radius 2 is 2.18 bits per heavy atom. The number of rotatable bonds is 6. The molecule has 0 saturated heterocycles. The zero-order valence-corrected chi connectivity index (χ0v) is 11.8. The van der Waals surface area contributed by atoms with Crippen molar-refractivity contribution >= 4 is 28.5 Å². The number of carboxylic acids is 1. The van der Waals surface area contributed by atoms with E-state index in [4.69, 9.17) is 5.11 Å². The predicted molar refractivity (Wildman–Crippen MR) is 78.8 cm³/mol. The second-order valence-electron chi connectivity index (χ2n) is 4.99. The van der Waals surface area contributed by atoms with Gasteiger partial charge in [0.05, 0.1) is 4.92 Å². The van der Waals surface area contributed by atoms with Crippen molar-refractivity contribution in [2.45, 2.75) is 25.8 Å². The van der Waals surface area contributed by atoms with E-state index in [2.05, 4.69) is 10.3 Å². The van der Waals surface area contributed by atoms with E-state index in [0.29, 0.717) is 11.8 Å². The van der Waals surface area contributed by atoms with E-state index in [0.717, 1.165) is 0 Å². The highest BCUT2D eigenvalue weighted by Crippen LogP contribution is 2.25. The minimum absolute atomic E-state index is 0.0420. The SMILES string of the molecule is CC(CCC(=O)O)NC(=O)c1cc2cccc([N+](=O)[O-])c2[nH]1. The van der Waals surface area contributed by atoms with Crippen LogP contribution < -0.4 is 5.32 Å². The molecule has 1 heterocycles. The number of nitrogens with zero attached hydrogens (tertiary/aromatic N) is 1. The van der Waals surface area contributed by atoms with Crippen LogP contribution in [-0.4, -0.2) is 32.9 Å². The topological polar surface area (TPSA) is 125 Å². The van der Waals surface area contributed by atoms with E-state index >= 15 is 0 Å². The van der Waals surface area contributed by atoms with Crippen molar-refractivity contribution in [2.24, 2.45) is 0 Å². The summed E-state index contributed by atoms with van der Waals surface area (Å²) in [4.78, 5) is 35.8. The maximum Gasteiger partial charge on any atom is 0.303 e.